The summed E-state index contributed by atoms with van der Waals surface area (Å²) in [4.78, 5) is 25.1. The molecule has 61 heavy (non-hydrogen) atoms. The minimum absolute atomic E-state index is 0.0114. The number of carbonyl (C=O) groups excluding carboxylic acids is 1. The number of likely N-dealkylation sites (N-methyl/N-ethyl adjacent to an activating group) is 1. The Morgan fingerprint density at radius 2 is 0.902 bits per heavy atom. The monoisotopic (exact) mass is 870 g/mol. The van der Waals surface area contributed by atoms with E-state index in [1.807, 2.05) is 21.1 Å². The Morgan fingerprint density at radius 3 is 1.34 bits per heavy atom. The van der Waals surface area contributed by atoms with Gasteiger partial charge in [0.05, 0.1) is 34.4 Å². The first-order valence-corrected chi connectivity index (χ1v) is 25.1. The molecule has 0 aliphatic heterocycles. The van der Waals surface area contributed by atoms with E-state index >= 15 is 0 Å². The Balaban J connectivity index is 4.26. The number of phosphoric ester groups is 1. The standard InChI is InChI=1S/C52H88NO7P/c1-6-8-10-12-14-16-18-20-22-23-24-25-26-27-28-29-30-31-32-33-35-37-39-41-43-45-52(54)60-51(50-59-61(55,56)58-48-46-53(3,4)5)49-57-47-44-42-40-38-36-34-21-19-17-15-13-11-9-7-2/h8-11,14-17,20-22,24-25,27-28,30-31,34,51H,6-7,12-13,18-19,23,26,29,32-33,35-50H2,1-5H3/b10-8-,11-9-,16-14-,17-15-,22-20-,25-24-,28-27-,31-30-,34-21-. The lowest BCUT2D eigenvalue weighted by Gasteiger charge is -2.28. The van der Waals surface area contributed by atoms with Gasteiger partial charge in [0.2, 0.25) is 0 Å². The van der Waals surface area contributed by atoms with E-state index in [9.17, 15) is 14.3 Å². The first-order chi connectivity index (χ1) is 29.6. The number of unbranched alkanes of at least 4 members (excludes halogenated alkanes) is 10. The summed E-state index contributed by atoms with van der Waals surface area (Å²) in [6.45, 7) is 5.07. The van der Waals surface area contributed by atoms with Gasteiger partial charge >= 0.3 is 5.97 Å². The van der Waals surface area contributed by atoms with Gasteiger partial charge in [0.15, 0.2) is 0 Å². The minimum Gasteiger partial charge on any atom is -0.756 e. The van der Waals surface area contributed by atoms with Crippen molar-refractivity contribution in [2.45, 2.75) is 161 Å². The van der Waals surface area contributed by atoms with Crippen LogP contribution in [-0.2, 0) is 27.9 Å². The summed E-state index contributed by atoms with van der Waals surface area (Å²) >= 11 is 0. The second-order valence-corrected chi connectivity index (χ2v) is 17.8. The van der Waals surface area contributed by atoms with Gasteiger partial charge in [-0.25, -0.2) is 0 Å². The van der Waals surface area contributed by atoms with Crippen LogP contribution in [0.4, 0.5) is 0 Å². The molecular formula is C52H88NO7P. The van der Waals surface area contributed by atoms with E-state index in [-0.39, 0.29) is 32.2 Å². The quantitative estimate of drug-likeness (QED) is 0.0198. The van der Waals surface area contributed by atoms with Crippen molar-refractivity contribution in [1.82, 2.24) is 0 Å². The van der Waals surface area contributed by atoms with E-state index < -0.39 is 13.9 Å². The van der Waals surface area contributed by atoms with Gasteiger partial charge in [-0.2, -0.15) is 0 Å². The van der Waals surface area contributed by atoms with Gasteiger partial charge in [0, 0.05) is 13.0 Å². The molecule has 0 aromatic carbocycles. The summed E-state index contributed by atoms with van der Waals surface area (Å²) in [7, 11) is 1.31. The molecule has 2 unspecified atom stereocenters. The number of rotatable bonds is 42. The molecule has 8 nitrogen and oxygen atoms in total. The minimum atomic E-state index is -4.55. The first-order valence-electron chi connectivity index (χ1n) is 23.6. The van der Waals surface area contributed by atoms with Crippen LogP contribution in [0.15, 0.2) is 109 Å². The maximum Gasteiger partial charge on any atom is 0.306 e. The number of esters is 1. The number of nitrogens with zero attached hydrogens (tertiary/aromatic N) is 1. The fraction of sp³-hybridized carbons (Fsp3) is 0.635. The highest BCUT2D eigenvalue weighted by atomic mass is 31.2. The zero-order valence-corrected chi connectivity index (χ0v) is 40.2. The normalized spacial score (nSPS) is 14.7. The van der Waals surface area contributed by atoms with Crippen molar-refractivity contribution < 1.29 is 37.3 Å². The molecule has 0 radical (unpaired) electrons. The number of allylic oxidation sites excluding steroid dienone is 18. The average Bonchev–Trinajstić information content (AvgIpc) is 3.22. The molecule has 0 aromatic heterocycles. The van der Waals surface area contributed by atoms with E-state index in [0.29, 0.717) is 17.6 Å². The molecule has 348 valence electrons. The van der Waals surface area contributed by atoms with Crippen LogP contribution in [0.25, 0.3) is 0 Å². The van der Waals surface area contributed by atoms with E-state index in [1.54, 1.807) is 0 Å². The Labute approximate surface area is 374 Å². The predicted octanol–water partition coefficient (Wildman–Crippen LogP) is 13.8. The second-order valence-electron chi connectivity index (χ2n) is 16.3. The molecule has 0 saturated carbocycles. The number of ether oxygens (including phenoxy) is 2. The summed E-state index contributed by atoms with van der Waals surface area (Å²) in [6.07, 6.45) is 61.1. The molecule has 9 heteroatoms. The van der Waals surface area contributed by atoms with Crippen LogP contribution in [0.3, 0.4) is 0 Å². The highest BCUT2D eigenvalue weighted by Crippen LogP contribution is 2.38. The van der Waals surface area contributed by atoms with Crippen LogP contribution >= 0.6 is 7.82 Å². The fourth-order valence-corrected chi connectivity index (χ4v) is 6.47. The predicted molar refractivity (Wildman–Crippen MR) is 258 cm³/mol. The fourth-order valence-electron chi connectivity index (χ4n) is 5.74. The van der Waals surface area contributed by atoms with Crippen molar-refractivity contribution in [3.63, 3.8) is 0 Å². The molecule has 0 fully saturated rings. The van der Waals surface area contributed by atoms with Crippen molar-refractivity contribution in [1.29, 1.82) is 0 Å². The van der Waals surface area contributed by atoms with Crippen molar-refractivity contribution in [2.24, 2.45) is 0 Å². The second kappa shape index (κ2) is 43.8. The summed E-state index contributed by atoms with van der Waals surface area (Å²) < 4.78 is 34.6. The van der Waals surface area contributed by atoms with Gasteiger partial charge in [-0.15, -0.1) is 0 Å². The molecule has 0 heterocycles. The maximum absolute atomic E-state index is 12.7. The first kappa shape index (κ1) is 58.2. The summed E-state index contributed by atoms with van der Waals surface area (Å²) in [5.74, 6) is -0.363. The highest BCUT2D eigenvalue weighted by molar-refractivity contribution is 7.45. The van der Waals surface area contributed by atoms with Crippen LogP contribution in [0.5, 0.6) is 0 Å². The Kier molecular flexibility index (Phi) is 41.8. The van der Waals surface area contributed by atoms with Crippen molar-refractivity contribution in [3.8, 4) is 0 Å². The molecular weight excluding hydrogens is 782 g/mol. The van der Waals surface area contributed by atoms with E-state index in [1.165, 1.54) is 12.8 Å². The molecule has 0 bridgehead atoms. The van der Waals surface area contributed by atoms with Crippen molar-refractivity contribution >= 4 is 13.8 Å². The van der Waals surface area contributed by atoms with Crippen LogP contribution in [0.1, 0.15) is 155 Å². The number of quaternary nitrogens is 1. The number of phosphoric acid groups is 1. The third-order valence-electron chi connectivity index (χ3n) is 9.32. The van der Waals surface area contributed by atoms with Crippen LogP contribution in [0, 0.1) is 0 Å². The van der Waals surface area contributed by atoms with Gasteiger partial charge in [-0.3, -0.25) is 9.36 Å². The molecule has 2 atom stereocenters. The number of carbonyl (C=O) groups is 1. The zero-order valence-electron chi connectivity index (χ0n) is 39.3. The van der Waals surface area contributed by atoms with Gasteiger partial charge in [0.1, 0.15) is 19.3 Å². The van der Waals surface area contributed by atoms with E-state index in [0.717, 1.165) is 122 Å². The van der Waals surface area contributed by atoms with Crippen molar-refractivity contribution in [2.75, 3.05) is 54.1 Å². The maximum atomic E-state index is 12.7. The van der Waals surface area contributed by atoms with Gasteiger partial charge in [-0.05, 0) is 96.3 Å². The number of hydrogen-bond donors (Lipinski definition) is 0. The SMILES string of the molecule is CC/C=C\C/C=C\C/C=C\C/C=C\C/C=C\C/C=C\CCCCCCCCC(=O)OC(COCCCCCC/C=C\C/C=C\C/C=C\CC)COP(=O)([O-])OCC[N+](C)(C)C. The molecule has 0 N–H and O–H groups in total. The summed E-state index contributed by atoms with van der Waals surface area (Å²) in [5.41, 5.74) is 0. The molecule has 0 rings (SSSR count). The summed E-state index contributed by atoms with van der Waals surface area (Å²) in [6, 6.07) is 0. The highest BCUT2D eigenvalue weighted by Gasteiger charge is 2.20. The lowest BCUT2D eigenvalue weighted by molar-refractivity contribution is -0.870. The van der Waals surface area contributed by atoms with Crippen LogP contribution < -0.4 is 4.89 Å². The number of hydrogen-bond acceptors (Lipinski definition) is 7. The molecule has 0 amide bonds. The molecule has 0 saturated heterocycles. The van der Waals surface area contributed by atoms with Gasteiger partial charge < -0.3 is 27.9 Å². The largest absolute Gasteiger partial charge is 0.756 e. The van der Waals surface area contributed by atoms with Crippen molar-refractivity contribution in [3.05, 3.63) is 109 Å². The molecule has 0 spiro atoms. The van der Waals surface area contributed by atoms with E-state index in [4.69, 9.17) is 18.5 Å². The molecule has 0 aliphatic rings. The summed E-state index contributed by atoms with van der Waals surface area (Å²) in [5, 5.41) is 0. The topological polar surface area (TPSA) is 94.1 Å². The van der Waals surface area contributed by atoms with Gasteiger partial charge in [-0.1, -0.05) is 162 Å². The zero-order chi connectivity index (χ0) is 44.8. The lowest BCUT2D eigenvalue weighted by atomic mass is 10.1. The molecule has 0 aromatic rings. The van der Waals surface area contributed by atoms with Crippen LogP contribution in [-0.4, -0.2) is 70.7 Å². The Bertz CT molecular complexity index is 1340. The van der Waals surface area contributed by atoms with Crippen LogP contribution in [0.2, 0.25) is 0 Å². The third-order valence-corrected chi connectivity index (χ3v) is 10.3. The molecule has 0 aliphatic carbocycles. The lowest BCUT2D eigenvalue weighted by Crippen LogP contribution is -2.37. The Morgan fingerprint density at radius 1 is 0.508 bits per heavy atom. The average molecular weight is 870 g/mol. The van der Waals surface area contributed by atoms with E-state index in [2.05, 4.69) is 123 Å². The smallest absolute Gasteiger partial charge is 0.306 e. The van der Waals surface area contributed by atoms with Gasteiger partial charge in [0.25, 0.3) is 7.82 Å². The Hall–Kier alpha value is -2.84. The third kappa shape index (κ3) is 48.1.